The average molecular weight is 558 g/mol. The van der Waals surface area contributed by atoms with E-state index in [9.17, 15) is 4.79 Å². The third kappa shape index (κ3) is 7.01. The van der Waals surface area contributed by atoms with Crippen LogP contribution >= 0.6 is 0 Å². The number of benzene rings is 3. The predicted octanol–water partition coefficient (Wildman–Crippen LogP) is 4.69. The molecule has 1 aliphatic heterocycles. The topological polar surface area (TPSA) is 74.2 Å². The first kappa shape index (κ1) is 28.5. The number of carbonyl (C=O) groups is 1. The number of rotatable bonds is 12. The minimum atomic E-state index is -0.204. The first-order valence-corrected chi connectivity index (χ1v) is 14.1. The van der Waals surface area contributed by atoms with Crippen molar-refractivity contribution in [2.75, 3.05) is 60.7 Å². The molecule has 0 saturated carbocycles. The molecule has 2 heterocycles. The second-order valence-electron chi connectivity index (χ2n) is 10.3. The van der Waals surface area contributed by atoms with E-state index in [4.69, 9.17) is 18.9 Å². The third-order valence-corrected chi connectivity index (χ3v) is 7.73. The molecular formula is C33H39N3O5. The van der Waals surface area contributed by atoms with Crippen molar-refractivity contribution in [3.63, 3.8) is 0 Å². The lowest BCUT2D eigenvalue weighted by Crippen LogP contribution is -2.41. The Balaban J connectivity index is 1.47. The van der Waals surface area contributed by atoms with Crippen LogP contribution in [-0.2, 0) is 16.1 Å². The molecule has 8 heteroatoms. The average Bonchev–Trinajstić information content (AvgIpc) is 3.38. The first-order chi connectivity index (χ1) is 20.1. The maximum atomic E-state index is 13.4. The van der Waals surface area contributed by atoms with Crippen molar-refractivity contribution in [1.82, 2.24) is 14.8 Å². The van der Waals surface area contributed by atoms with Crippen LogP contribution in [0.4, 0.5) is 0 Å². The normalized spacial score (nSPS) is 14.5. The standard InChI is InChI=1S/C33H39N3O5/c1-38-26-10-8-24(9-11-26)22-36-23-31(29-6-4-5-7-32(29)36)30(25-18-27(39-2)20-28(19-25)40-3)21-33(37)34-12-13-35-14-16-41-17-15-35/h4-11,18-20,23,30H,12-17,21-22H2,1-3H3,(H,34,37)/t30-/m1/s1. The van der Waals surface area contributed by atoms with Crippen molar-refractivity contribution in [3.8, 4) is 17.2 Å². The van der Waals surface area contributed by atoms with Gasteiger partial charge in [0.1, 0.15) is 17.2 Å². The summed E-state index contributed by atoms with van der Waals surface area (Å²) in [5.41, 5.74) is 4.34. The van der Waals surface area contributed by atoms with E-state index >= 15 is 0 Å². The summed E-state index contributed by atoms with van der Waals surface area (Å²) in [6.45, 7) is 5.40. The molecule has 1 aromatic heterocycles. The van der Waals surface area contributed by atoms with Gasteiger partial charge < -0.3 is 28.8 Å². The molecular weight excluding hydrogens is 518 g/mol. The smallest absolute Gasteiger partial charge is 0.220 e. The molecule has 0 radical (unpaired) electrons. The summed E-state index contributed by atoms with van der Waals surface area (Å²) in [5.74, 6) is 2.03. The van der Waals surface area contributed by atoms with Gasteiger partial charge in [0.25, 0.3) is 0 Å². The van der Waals surface area contributed by atoms with Crippen LogP contribution in [0.1, 0.15) is 29.0 Å². The van der Waals surface area contributed by atoms with Crippen LogP contribution in [0, 0.1) is 0 Å². The van der Waals surface area contributed by atoms with E-state index in [1.807, 2.05) is 30.3 Å². The molecule has 0 aliphatic carbocycles. The summed E-state index contributed by atoms with van der Waals surface area (Å²) in [4.78, 5) is 15.7. The number of nitrogens with zero attached hydrogens (tertiary/aromatic N) is 2. The Morgan fingerprint density at radius 2 is 1.59 bits per heavy atom. The van der Waals surface area contributed by atoms with Gasteiger partial charge in [-0.25, -0.2) is 0 Å². The van der Waals surface area contributed by atoms with Gasteiger partial charge in [0.2, 0.25) is 5.91 Å². The zero-order valence-corrected chi connectivity index (χ0v) is 24.1. The number of para-hydroxylation sites is 1. The van der Waals surface area contributed by atoms with E-state index < -0.39 is 0 Å². The maximum Gasteiger partial charge on any atom is 0.220 e. The Bertz CT molecular complexity index is 1420. The number of ether oxygens (including phenoxy) is 4. The fourth-order valence-corrected chi connectivity index (χ4v) is 5.49. The molecule has 1 saturated heterocycles. The van der Waals surface area contributed by atoms with Crippen LogP contribution in [-0.4, -0.2) is 76.1 Å². The van der Waals surface area contributed by atoms with E-state index in [1.165, 1.54) is 5.56 Å². The molecule has 1 aliphatic rings. The fraction of sp³-hybridized carbons (Fsp3) is 0.364. The van der Waals surface area contributed by atoms with Crippen LogP contribution in [0.3, 0.4) is 0 Å². The second-order valence-corrected chi connectivity index (χ2v) is 10.3. The van der Waals surface area contributed by atoms with E-state index in [1.54, 1.807) is 21.3 Å². The predicted molar refractivity (Wildman–Crippen MR) is 160 cm³/mol. The lowest BCUT2D eigenvalue weighted by atomic mass is 9.87. The van der Waals surface area contributed by atoms with E-state index in [0.29, 0.717) is 31.0 Å². The Labute approximate surface area is 241 Å². The Morgan fingerprint density at radius 3 is 2.27 bits per heavy atom. The second kappa shape index (κ2) is 13.6. The summed E-state index contributed by atoms with van der Waals surface area (Å²) in [6, 6.07) is 22.4. The van der Waals surface area contributed by atoms with Crippen LogP contribution in [0.15, 0.2) is 72.9 Å². The minimum Gasteiger partial charge on any atom is -0.497 e. The molecule has 1 atom stereocenters. The van der Waals surface area contributed by atoms with Crippen molar-refractivity contribution in [1.29, 1.82) is 0 Å². The lowest BCUT2D eigenvalue weighted by Gasteiger charge is -2.26. The van der Waals surface area contributed by atoms with E-state index in [-0.39, 0.29) is 11.8 Å². The summed E-state index contributed by atoms with van der Waals surface area (Å²) in [5, 5.41) is 4.28. The Morgan fingerprint density at radius 1 is 0.902 bits per heavy atom. The van der Waals surface area contributed by atoms with Crippen LogP contribution in [0.2, 0.25) is 0 Å². The van der Waals surface area contributed by atoms with E-state index in [2.05, 4.69) is 57.4 Å². The highest BCUT2D eigenvalue weighted by Gasteiger charge is 2.24. The van der Waals surface area contributed by atoms with E-state index in [0.717, 1.165) is 60.6 Å². The number of fused-ring (bicyclic) bond motifs is 1. The summed E-state index contributed by atoms with van der Waals surface area (Å²) < 4.78 is 24.2. The van der Waals surface area contributed by atoms with Gasteiger partial charge in [0.15, 0.2) is 0 Å². The third-order valence-electron chi connectivity index (χ3n) is 7.73. The molecule has 5 rings (SSSR count). The highest BCUT2D eigenvalue weighted by atomic mass is 16.5. The zero-order valence-electron chi connectivity index (χ0n) is 24.1. The molecule has 41 heavy (non-hydrogen) atoms. The van der Waals surface area contributed by atoms with Crippen molar-refractivity contribution < 1.29 is 23.7 Å². The zero-order chi connectivity index (χ0) is 28.6. The van der Waals surface area contributed by atoms with Gasteiger partial charge in [-0.15, -0.1) is 0 Å². The van der Waals surface area contributed by atoms with Gasteiger partial charge in [0.05, 0.1) is 34.5 Å². The molecule has 1 N–H and O–H groups in total. The Hall–Kier alpha value is -4.01. The number of nitrogens with one attached hydrogen (secondary N) is 1. The van der Waals surface area contributed by atoms with Crippen molar-refractivity contribution in [2.24, 2.45) is 0 Å². The number of aromatic nitrogens is 1. The minimum absolute atomic E-state index is 0.0111. The molecule has 1 amide bonds. The molecule has 4 aromatic rings. The number of methoxy groups -OCH3 is 3. The molecule has 0 bridgehead atoms. The number of morpholine rings is 1. The quantitative estimate of drug-likeness (QED) is 0.273. The number of carbonyl (C=O) groups excluding carboxylic acids is 1. The molecule has 1 fully saturated rings. The largest absolute Gasteiger partial charge is 0.497 e. The van der Waals surface area contributed by atoms with Crippen molar-refractivity contribution in [2.45, 2.75) is 18.9 Å². The van der Waals surface area contributed by atoms with Gasteiger partial charge in [-0.2, -0.15) is 0 Å². The SMILES string of the molecule is COc1ccc(Cn2cc([C@H](CC(=O)NCCN3CCOCC3)c3cc(OC)cc(OC)c3)c3ccccc32)cc1. The Kier molecular flexibility index (Phi) is 9.44. The van der Waals surface area contributed by atoms with Crippen molar-refractivity contribution >= 4 is 16.8 Å². The number of amides is 1. The summed E-state index contributed by atoms with van der Waals surface area (Å²) >= 11 is 0. The molecule has 216 valence electrons. The monoisotopic (exact) mass is 557 g/mol. The number of hydrogen-bond donors (Lipinski definition) is 1. The fourth-order valence-electron chi connectivity index (χ4n) is 5.49. The summed E-state index contributed by atoms with van der Waals surface area (Å²) in [6.07, 6.45) is 2.49. The van der Waals surface area contributed by atoms with Crippen LogP contribution < -0.4 is 19.5 Å². The molecule has 8 nitrogen and oxygen atoms in total. The van der Waals surface area contributed by atoms with Gasteiger partial charge in [-0.1, -0.05) is 30.3 Å². The maximum absolute atomic E-state index is 13.4. The van der Waals surface area contributed by atoms with Crippen molar-refractivity contribution in [3.05, 3.63) is 89.6 Å². The van der Waals surface area contributed by atoms with Gasteiger partial charge in [-0.05, 0) is 47.0 Å². The summed E-state index contributed by atoms with van der Waals surface area (Å²) in [7, 11) is 4.96. The highest BCUT2D eigenvalue weighted by Crippen LogP contribution is 2.38. The molecule has 0 spiro atoms. The van der Waals surface area contributed by atoms with Gasteiger partial charge in [0, 0.05) is 68.2 Å². The molecule has 0 unspecified atom stereocenters. The van der Waals surface area contributed by atoms with Crippen LogP contribution in [0.25, 0.3) is 10.9 Å². The van der Waals surface area contributed by atoms with Crippen LogP contribution in [0.5, 0.6) is 17.2 Å². The molecule has 3 aromatic carbocycles. The highest BCUT2D eigenvalue weighted by molar-refractivity contribution is 5.87. The number of hydrogen-bond acceptors (Lipinski definition) is 6. The van der Waals surface area contributed by atoms with Gasteiger partial charge >= 0.3 is 0 Å². The lowest BCUT2D eigenvalue weighted by molar-refractivity contribution is -0.121. The first-order valence-electron chi connectivity index (χ1n) is 14.1. The van der Waals surface area contributed by atoms with Gasteiger partial charge in [-0.3, -0.25) is 9.69 Å².